The maximum Gasteiger partial charge on any atom is 0.341 e. The number of anilines is 1. The van der Waals surface area contributed by atoms with Crippen LogP contribution in [0.1, 0.15) is 31.9 Å². The predicted octanol–water partition coefficient (Wildman–Crippen LogP) is 3.88. The molecular formula is C23H21BrN2O6. The molecule has 0 aromatic heterocycles. The van der Waals surface area contributed by atoms with Crippen molar-refractivity contribution in [3.63, 3.8) is 0 Å². The van der Waals surface area contributed by atoms with Gasteiger partial charge in [-0.05, 0) is 62.8 Å². The number of nitrogens with zero attached hydrogens (tertiary/aromatic N) is 1. The second kappa shape index (κ2) is 8.96. The highest BCUT2D eigenvalue weighted by molar-refractivity contribution is 9.10. The number of imide groups is 2. The van der Waals surface area contributed by atoms with Gasteiger partial charge in [0.25, 0.3) is 11.8 Å². The Kier molecular flexibility index (Phi) is 6.50. The van der Waals surface area contributed by atoms with Crippen molar-refractivity contribution in [3.8, 4) is 5.75 Å². The van der Waals surface area contributed by atoms with E-state index in [0.29, 0.717) is 21.5 Å². The number of hydrogen-bond acceptors (Lipinski definition) is 5. The van der Waals surface area contributed by atoms with Crippen LogP contribution in [0.2, 0.25) is 0 Å². The molecule has 8 nitrogen and oxygen atoms in total. The molecule has 4 amide bonds. The smallest absolute Gasteiger partial charge is 0.341 e. The highest BCUT2D eigenvalue weighted by Crippen LogP contribution is 2.29. The first kappa shape index (κ1) is 23.2. The van der Waals surface area contributed by atoms with Gasteiger partial charge in [0, 0.05) is 0 Å². The second-order valence-corrected chi connectivity index (χ2v) is 8.98. The van der Waals surface area contributed by atoms with E-state index in [4.69, 9.17) is 9.84 Å². The average Bonchev–Trinajstić information content (AvgIpc) is 2.70. The van der Waals surface area contributed by atoms with Crippen molar-refractivity contribution >= 4 is 51.5 Å². The van der Waals surface area contributed by atoms with Crippen LogP contribution >= 0.6 is 15.9 Å². The van der Waals surface area contributed by atoms with Crippen LogP contribution in [0.5, 0.6) is 5.75 Å². The summed E-state index contributed by atoms with van der Waals surface area (Å²) in [5, 5.41) is 10.9. The summed E-state index contributed by atoms with van der Waals surface area (Å²) in [6.45, 7) is 5.65. The van der Waals surface area contributed by atoms with Crippen LogP contribution in [0.3, 0.4) is 0 Å². The molecule has 0 unspecified atom stereocenters. The summed E-state index contributed by atoms with van der Waals surface area (Å²) in [5.74, 6) is -2.37. The quantitative estimate of drug-likeness (QED) is 0.475. The Bertz CT molecular complexity index is 1130. The Morgan fingerprint density at radius 2 is 1.78 bits per heavy atom. The van der Waals surface area contributed by atoms with Crippen LogP contribution in [0.25, 0.3) is 6.08 Å². The van der Waals surface area contributed by atoms with E-state index in [9.17, 15) is 19.2 Å². The number of barbiturate groups is 1. The third-order valence-corrected chi connectivity index (χ3v) is 5.33. The fourth-order valence-corrected chi connectivity index (χ4v) is 3.54. The summed E-state index contributed by atoms with van der Waals surface area (Å²) in [7, 11) is 0. The number of urea groups is 1. The van der Waals surface area contributed by atoms with Crippen LogP contribution < -0.4 is 15.0 Å². The number of aliphatic carboxylic acids is 1. The van der Waals surface area contributed by atoms with Gasteiger partial charge in [0.1, 0.15) is 11.3 Å². The molecule has 3 rings (SSSR count). The minimum absolute atomic E-state index is 0.0958. The lowest BCUT2D eigenvalue weighted by Gasteiger charge is -2.27. The van der Waals surface area contributed by atoms with E-state index >= 15 is 0 Å². The maximum atomic E-state index is 13.0. The number of halogens is 1. The molecule has 9 heteroatoms. The van der Waals surface area contributed by atoms with E-state index < -0.39 is 30.4 Å². The molecule has 2 aromatic carbocycles. The van der Waals surface area contributed by atoms with Gasteiger partial charge in [0.05, 0.1) is 10.2 Å². The monoisotopic (exact) mass is 500 g/mol. The Hall–Kier alpha value is -3.46. The second-order valence-electron chi connectivity index (χ2n) is 8.13. The number of carbonyl (C=O) groups is 4. The lowest BCUT2D eigenvalue weighted by Crippen LogP contribution is -2.54. The van der Waals surface area contributed by atoms with Crippen LogP contribution in [-0.4, -0.2) is 35.5 Å². The normalized spacial score (nSPS) is 15.7. The van der Waals surface area contributed by atoms with Gasteiger partial charge >= 0.3 is 12.0 Å². The number of hydrogen-bond donors (Lipinski definition) is 2. The Morgan fingerprint density at radius 3 is 2.34 bits per heavy atom. The maximum absolute atomic E-state index is 13.0. The van der Waals surface area contributed by atoms with Crippen molar-refractivity contribution in [3.05, 3.63) is 63.6 Å². The molecule has 0 saturated carbocycles. The number of ether oxygens (including phenoxy) is 1. The lowest BCUT2D eigenvalue weighted by molar-refractivity contribution is -0.139. The number of carbonyl (C=O) groups excluding carboxylic acids is 3. The molecule has 166 valence electrons. The van der Waals surface area contributed by atoms with Gasteiger partial charge < -0.3 is 9.84 Å². The van der Waals surface area contributed by atoms with Gasteiger partial charge in [-0.2, -0.15) is 0 Å². The molecule has 1 aliphatic rings. The van der Waals surface area contributed by atoms with Gasteiger partial charge in [0.2, 0.25) is 0 Å². The molecule has 32 heavy (non-hydrogen) atoms. The predicted molar refractivity (Wildman–Crippen MR) is 121 cm³/mol. The van der Waals surface area contributed by atoms with Crippen LogP contribution in [0.15, 0.2) is 52.5 Å². The zero-order valence-electron chi connectivity index (χ0n) is 17.6. The van der Waals surface area contributed by atoms with E-state index in [2.05, 4.69) is 42.0 Å². The summed E-state index contributed by atoms with van der Waals surface area (Å²) in [4.78, 5) is 49.4. The summed E-state index contributed by atoms with van der Waals surface area (Å²) in [6.07, 6.45) is 1.35. The Morgan fingerprint density at radius 1 is 1.12 bits per heavy atom. The summed E-state index contributed by atoms with van der Waals surface area (Å²) < 4.78 is 5.59. The van der Waals surface area contributed by atoms with Crippen molar-refractivity contribution in [2.75, 3.05) is 11.5 Å². The average molecular weight is 501 g/mol. The first-order valence-corrected chi connectivity index (χ1v) is 10.4. The molecule has 1 saturated heterocycles. The molecule has 1 heterocycles. The first-order chi connectivity index (χ1) is 15.0. The number of benzene rings is 2. The van der Waals surface area contributed by atoms with E-state index in [1.165, 1.54) is 12.1 Å². The zero-order valence-corrected chi connectivity index (χ0v) is 19.2. The fraction of sp³-hybridized carbons (Fsp3) is 0.217. The van der Waals surface area contributed by atoms with Crippen LogP contribution in [0, 0.1) is 0 Å². The minimum Gasteiger partial charge on any atom is -0.481 e. The standard InChI is InChI=1S/C23H21BrN2O6/c1-23(2,3)14-5-7-15(8-6-14)26-21(30)16(20(29)25-22(26)31)10-13-4-9-18(17(24)11-13)32-12-19(27)28/h4-11H,12H2,1-3H3,(H,27,28)(H,25,29,31)/b16-10+. The molecule has 0 bridgehead atoms. The lowest BCUT2D eigenvalue weighted by atomic mass is 9.87. The van der Waals surface area contributed by atoms with Gasteiger partial charge in [0.15, 0.2) is 6.61 Å². The summed E-state index contributed by atoms with van der Waals surface area (Å²) in [5.41, 5.74) is 1.55. The first-order valence-electron chi connectivity index (χ1n) is 9.63. The molecule has 0 radical (unpaired) electrons. The van der Waals surface area contributed by atoms with Crippen LogP contribution in [-0.2, 0) is 19.8 Å². The summed E-state index contributed by atoms with van der Waals surface area (Å²) in [6, 6.07) is 10.8. The Labute approximate surface area is 193 Å². The van der Waals surface area contributed by atoms with Crippen molar-refractivity contribution in [1.82, 2.24) is 5.32 Å². The van der Waals surface area contributed by atoms with Crippen molar-refractivity contribution < 1.29 is 29.0 Å². The van der Waals surface area contributed by atoms with Gasteiger partial charge in [-0.1, -0.05) is 39.0 Å². The number of carboxylic acids is 1. The Balaban J connectivity index is 1.90. The number of carboxylic acid groups (broad SMARTS) is 1. The molecule has 1 aliphatic heterocycles. The molecular weight excluding hydrogens is 480 g/mol. The number of rotatable bonds is 5. The van der Waals surface area contributed by atoms with Gasteiger partial charge in [-0.25, -0.2) is 14.5 Å². The van der Waals surface area contributed by atoms with E-state index in [0.717, 1.165) is 10.5 Å². The highest BCUT2D eigenvalue weighted by atomic mass is 79.9. The van der Waals surface area contributed by atoms with E-state index in [1.54, 1.807) is 24.3 Å². The molecule has 1 fully saturated rings. The third kappa shape index (κ3) is 5.05. The van der Waals surface area contributed by atoms with Gasteiger partial charge in [-0.15, -0.1) is 0 Å². The van der Waals surface area contributed by atoms with E-state index in [-0.39, 0.29) is 11.0 Å². The van der Waals surface area contributed by atoms with Crippen molar-refractivity contribution in [1.29, 1.82) is 0 Å². The molecule has 2 N–H and O–H groups in total. The molecule has 2 aromatic rings. The van der Waals surface area contributed by atoms with Crippen LogP contribution in [0.4, 0.5) is 10.5 Å². The molecule has 0 aliphatic carbocycles. The number of amides is 4. The fourth-order valence-electron chi connectivity index (χ4n) is 3.03. The topological polar surface area (TPSA) is 113 Å². The SMILES string of the molecule is CC(C)(C)c1ccc(N2C(=O)NC(=O)/C(=C\c3ccc(OCC(=O)O)c(Br)c3)C2=O)cc1. The van der Waals surface area contributed by atoms with Gasteiger partial charge in [-0.3, -0.25) is 14.9 Å². The molecule has 0 atom stereocenters. The van der Waals surface area contributed by atoms with Crippen molar-refractivity contribution in [2.45, 2.75) is 26.2 Å². The van der Waals surface area contributed by atoms with E-state index in [1.807, 2.05) is 12.1 Å². The highest BCUT2D eigenvalue weighted by Gasteiger charge is 2.37. The number of nitrogens with one attached hydrogen (secondary N) is 1. The largest absolute Gasteiger partial charge is 0.481 e. The summed E-state index contributed by atoms with van der Waals surface area (Å²) >= 11 is 3.28. The molecule has 0 spiro atoms. The third-order valence-electron chi connectivity index (χ3n) is 4.71. The minimum atomic E-state index is -1.12. The zero-order chi connectivity index (χ0) is 23.6. The van der Waals surface area contributed by atoms with Crippen molar-refractivity contribution in [2.24, 2.45) is 0 Å².